The maximum atomic E-state index is 12.3. The highest BCUT2D eigenvalue weighted by atomic mass is 16.2. The molecule has 1 aliphatic rings. The average Bonchev–Trinajstić information content (AvgIpc) is 2.90. The van der Waals surface area contributed by atoms with E-state index in [1.54, 1.807) is 12.1 Å². The summed E-state index contributed by atoms with van der Waals surface area (Å²) in [7, 11) is 0. The number of nitrogen functional groups attached to an aromatic ring is 1. The molecular weight excluding hydrogens is 242 g/mol. The van der Waals surface area contributed by atoms with E-state index >= 15 is 0 Å². The molecule has 2 rings (SSSR count). The van der Waals surface area contributed by atoms with Gasteiger partial charge in [-0.2, -0.15) is 0 Å². The summed E-state index contributed by atoms with van der Waals surface area (Å²) in [5.74, 6) is 0.279. The molecule has 1 aromatic heterocycles. The summed E-state index contributed by atoms with van der Waals surface area (Å²) < 4.78 is 0. The first-order valence-electron chi connectivity index (χ1n) is 6.78. The standard InChI is InChI=1S/C13H21N5O/c1-3-17(4-2)10-7-8-18(9-10)13(19)11-5-6-12(14)16-15-11/h5-6,10H,3-4,7-9H2,1-2H3,(H2,14,16). The summed E-state index contributed by atoms with van der Waals surface area (Å²) in [5, 5.41) is 7.58. The molecule has 6 heteroatoms. The van der Waals surface area contributed by atoms with Gasteiger partial charge in [0.15, 0.2) is 5.69 Å². The number of amides is 1. The van der Waals surface area contributed by atoms with E-state index in [9.17, 15) is 4.79 Å². The van der Waals surface area contributed by atoms with Crippen LogP contribution in [0.3, 0.4) is 0 Å². The zero-order valence-electron chi connectivity index (χ0n) is 11.5. The van der Waals surface area contributed by atoms with Crippen molar-refractivity contribution in [3.05, 3.63) is 17.8 Å². The van der Waals surface area contributed by atoms with Crippen molar-refractivity contribution >= 4 is 11.7 Å². The summed E-state index contributed by atoms with van der Waals surface area (Å²) in [6, 6.07) is 3.70. The van der Waals surface area contributed by atoms with Gasteiger partial charge >= 0.3 is 0 Å². The molecule has 0 bridgehead atoms. The van der Waals surface area contributed by atoms with E-state index in [2.05, 4.69) is 28.9 Å². The molecule has 2 N–H and O–H groups in total. The largest absolute Gasteiger partial charge is 0.382 e. The molecule has 1 atom stereocenters. The van der Waals surface area contributed by atoms with Gasteiger partial charge in [-0.3, -0.25) is 9.69 Å². The molecule has 1 unspecified atom stereocenters. The highest BCUT2D eigenvalue weighted by Crippen LogP contribution is 2.17. The van der Waals surface area contributed by atoms with Gasteiger partial charge in [0.2, 0.25) is 0 Å². The lowest BCUT2D eigenvalue weighted by atomic mass is 10.2. The van der Waals surface area contributed by atoms with Gasteiger partial charge < -0.3 is 10.6 Å². The van der Waals surface area contributed by atoms with Crippen molar-refractivity contribution in [1.29, 1.82) is 0 Å². The molecule has 1 aromatic rings. The second-order valence-corrected chi connectivity index (χ2v) is 4.76. The molecule has 104 valence electrons. The second kappa shape index (κ2) is 5.97. The minimum Gasteiger partial charge on any atom is -0.382 e. The fourth-order valence-corrected chi connectivity index (χ4v) is 2.58. The Hall–Kier alpha value is -1.69. The van der Waals surface area contributed by atoms with Crippen LogP contribution in [0.5, 0.6) is 0 Å². The summed E-state index contributed by atoms with van der Waals surface area (Å²) in [4.78, 5) is 16.5. The second-order valence-electron chi connectivity index (χ2n) is 4.76. The molecule has 0 spiro atoms. The molecule has 6 nitrogen and oxygen atoms in total. The van der Waals surface area contributed by atoms with Gasteiger partial charge in [-0.05, 0) is 31.6 Å². The lowest BCUT2D eigenvalue weighted by molar-refractivity contribution is 0.0771. The van der Waals surface area contributed by atoms with Crippen LogP contribution in [-0.4, -0.2) is 58.1 Å². The molecule has 0 aromatic carbocycles. The summed E-state index contributed by atoms with van der Waals surface area (Å²) in [5.41, 5.74) is 5.84. The van der Waals surface area contributed by atoms with Gasteiger partial charge in [-0.1, -0.05) is 13.8 Å². The van der Waals surface area contributed by atoms with Gasteiger partial charge in [-0.15, -0.1) is 10.2 Å². The molecule has 0 radical (unpaired) electrons. The van der Waals surface area contributed by atoms with Crippen LogP contribution in [0.4, 0.5) is 5.82 Å². The number of likely N-dealkylation sites (tertiary alicyclic amines) is 1. The predicted molar refractivity (Wildman–Crippen MR) is 73.7 cm³/mol. The summed E-state index contributed by atoms with van der Waals surface area (Å²) in [6.45, 7) is 7.90. The van der Waals surface area contributed by atoms with Crippen LogP contribution in [0.15, 0.2) is 12.1 Å². The van der Waals surface area contributed by atoms with E-state index in [-0.39, 0.29) is 5.91 Å². The van der Waals surface area contributed by atoms with Crippen LogP contribution in [0.1, 0.15) is 30.8 Å². The van der Waals surface area contributed by atoms with Crippen LogP contribution in [0.2, 0.25) is 0 Å². The molecule has 0 aliphatic carbocycles. The first-order chi connectivity index (χ1) is 9.15. The Morgan fingerprint density at radius 1 is 1.42 bits per heavy atom. The SMILES string of the molecule is CCN(CC)C1CCN(C(=O)c2ccc(N)nn2)C1. The van der Waals surface area contributed by atoms with Crippen molar-refractivity contribution in [3.63, 3.8) is 0 Å². The number of anilines is 1. The van der Waals surface area contributed by atoms with E-state index in [1.807, 2.05) is 4.90 Å². The Labute approximate surface area is 113 Å². The topological polar surface area (TPSA) is 75.3 Å². The van der Waals surface area contributed by atoms with Crippen LogP contribution in [0, 0.1) is 0 Å². The quantitative estimate of drug-likeness (QED) is 0.861. The van der Waals surface area contributed by atoms with Crippen LogP contribution in [-0.2, 0) is 0 Å². The minimum atomic E-state index is -0.0536. The predicted octanol–water partition coefficient (Wildman–Crippen LogP) is 0.615. The fraction of sp³-hybridized carbons (Fsp3) is 0.615. The van der Waals surface area contributed by atoms with Crippen molar-refractivity contribution < 1.29 is 4.79 Å². The normalized spacial score (nSPS) is 19.1. The Morgan fingerprint density at radius 3 is 2.74 bits per heavy atom. The highest BCUT2D eigenvalue weighted by molar-refractivity contribution is 5.92. The van der Waals surface area contributed by atoms with E-state index in [0.717, 1.165) is 32.6 Å². The Kier molecular flexibility index (Phi) is 4.31. The lowest BCUT2D eigenvalue weighted by Gasteiger charge is -2.26. The monoisotopic (exact) mass is 263 g/mol. The lowest BCUT2D eigenvalue weighted by Crippen LogP contribution is -2.38. The number of nitrogens with two attached hydrogens (primary N) is 1. The van der Waals surface area contributed by atoms with Crippen molar-refractivity contribution in [2.45, 2.75) is 26.3 Å². The van der Waals surface area contributed by atoms with Gasteiger partial charge in [-0.25, -0.2) is 0 Å². The minimum absolute atomic E-state index is 0.0536. The molecule has 1 amide bonds. The van der Waals surface area contributed by atoms with E-state index in [4.69, 9.17) is 5.73 Å². The van der Waals surface area contributed by atoms with Crippen LogP contribution in [0.25, 0.3) is 0 Å². The number of rotatable bonds is 4. The number of carbonyl (C=O) groups is 1. The maximum absolute atomic E-state index is 12.3. The summed E-state index contributed by atoms with van der Waals surface area (Å²) >= 11 is 0. The molecule has 1 fully saturated rings. The molecule has 2 heterocycles. The molecule has 19 heavy (non-hydrogen) atoms. The van der Waals surface area contributed by atoms with Gasteiger partial charge in [0, 0.05) is 19.1 Å². The van der Waals surface area contributed by atoms with Crippen molar-refractivity contribution in [3.8, 4) is 0 Å². The van der Waals surface area contributed by atoms with E-state index in [0.29, 0.717) is 17.6 Å². The van der Waals surface area contributed by atoms with Gasteiger partial charge in [0.25, 0.3) is 5.91 Å². The molecule has 1 saturated heterocycles. The number of hydrogen-bond acceptors (Lipinski definition) is 5. The zero-order chi connectivity index (χ0) is 13.8. The number of nitrogens with zero attached hydrogens (tertiary/aromatic N) is 4. The zero-order valence-corrected chi connectivity index (χ0v) is 11.5. The van der Waals surface area contributed by atoms with Gasteiger partial charge in [0.1, 0.15) is 5.82 Å². The van der Waals surface area contributed by atoms with Gasteiger partial charge in [0.05, 0.1) is 0 Å². The maximum Gasteiger partial charge on any atom is 0.274 e. The third-order valence-corrected chi connectivity index (χ3v) is 3.68. The first kappa shape index (κ1) is 13.7. The van der Waals surface area contributed by atoms with Crippen molar-refractivity contribution in [1.82, 2.24) is 20.0 Å². The average molecular weight is 263 g/mol. The fourth-order valence-electron chi connectivity index (χ4n) is 2.58. The van der Waals surface area contributed by atoms with Crippen molar-refractivity contribution in [2.75, 3.05) is 31.9 Å². The Bertz CT molecular complexity index is 429. The highest BCUT2D eigenvalue weighted by Gasteiger charge is 2.30. The number of hydrogen-bond donors (Lipinski definition) is 1. The third kappa shape index (κ3) is 3.01. The molecular formula is C13H21N5O. The molecule has 0 saturated carbocycles. The first-order valence-corrected chi connectivity index (χ1v) is 6.78. The Balaban J connectivity index is 2.00. The number of carbonyl (C=O) groups excluding carboxylic acids is 1. The van der Waals surface area contributed by atoms with E-state index < -0.39 is 0 Å². The molecule has 1 aliphatic heterocycles. The summed E-state index contributed by atoms with van der Waals surface area (Å²) in [6.07, 6.45) is 1.02. The Morgan fingerprint density at radius 2 is 2.16 bits per heavy atom. The number of aromatic nitrogens is 2. The van der Waals surface area contributed by atoms with E-state index in [1.165, 1.54) is 0 Å². The van der Waals surface area contributed by atoms with Crippen LogP contribution >= 0.6 is 0 Å². The smallest absolute Gasteiger partial charge is 0.274 e. The number of likely N-dealkylation sites (N-methyl/N-ethyl adjacent to an activating group) is 1. The van der Waals surface area contributed by atoms with Crippen molar-refractivity contribution in [2.24, 2.45) is 0 Å². The third-order valence-electron chi connectivity index (χ3n) is 3.68. The van der Waals surface area contributed by atoms with Crippen LogP contribution < -0.4 is 5.73 Å².